The van der Waals surface area contributed by atoms with Crippen LogP contribution in [0.1, 0.15) is 36.6 Å². The number of ether oxygens (including phenoxy) is 5. The molecule has 0 aromatic heterocycles. The minimum absolute atomic E-state index is 0.177. The Hall–Kier alpha value is -4.50. The molecule has 3 aromatic carbocycles. The van der Waals surface area contributed by atoms with Crippen molar-refractivity contribution < 1.29 is 38.1 Å². The topological polar surface area (TPSA) is 146 Å². The summed E-state index contributed by atoms with van der Waals surface area (Å²) >= 11 is 8.71. The smallest absolute Gasteiger partial charge is 0.338 e. The molecule has 1 atom stereocenters. The quantitative estimate of drug-likeness (QED) is 0.0926. The van der Waals surface area contributed by atoms with Crippen LogP contribution in [0.4, 0.5) is 4.79 Å². The summed E-state index contributed by atoms with van der Waals surface area (Å²) < 4.78 is 28.8. The number of methoxy groups -OCH3 is 2. The van der Waals surface area contributed by atoms with Gasteiger partial charge < -0.3 is 34.3 Å². The molecule has 3 N–H and O–H groups in total. The first-order chi connectivity index (χ1) is 22.1. The molecule has 0 fully saturated rings. The number of allylic oxidation sites excluding steroid dienone is 1. The first-order valence-corrected chi connectivity index (χ1v) is 15.4. The zero-order chi connectivity index (χ0) is 33.2. The van der Waals surface area contributed by atoms with E-state index in [1.165, 1.54) is 20.4 Å². The number of nitrogens with one attached hydrogen (secondary N) is 3. The molecule has 0 saturated heterocycles. The van der Waals surface area contributed by atoms with E-state index in [1.54, 1.807) is 44.2 Å². The maximum absolute atomic E-state index is 12.6. The number of carbonyl (C=O) groups excluding carboxylic acids is 3. The highest BCUT2D eigenvalue weighted by Gasteiger charge is 2.32. The molecule has 3 amide bonds. The van der Waals surface area contributed by atoms with E-state index in [0.29, 0.717) is 40.0 Å². The molecule has 14 heteroatoms. The van der Waals surface area contributed by atoms with Crippen molar-refractivity contribution in [1.29, 1.82) is 0 Å². The average Bonchev–Trinajstić information content (AvgIpc) is 3.03. The summed E-state index contributed by atoms with van der Waals surface area (Å²) in [6.45, 7) is 3.43. The monoisotopic (exact) mass is 762 g/mol. The standard InChI is InChI=1S/C32H32ClIN4O8/c1-5-44-31(40)28-18(2)36-32(41)37-29(28)21-8-11-24(25(14-21)42-3)45-17-27(39)38-35-15-20-12-23(33)30(26(13-20)43-4)46-16-19-6-9-22(34)10-7-19/h6-15,29H,5,16-17H2,1-4H3,(H,38,39)(H2,36,37,41)/b35-15-/t29-/m0/s1. The van der Waals surface area contributed by atoms with Crippen molar-refractivity contribution in [2.75, 3.05) is 27.4 Å². The molecule has 0 saturated carbocycles. The second-order valence-corrected chi connectivity index (χ2v) is 11.4. The Bertz CT molecular complexity index is 1660. The number of esters is 1. The largest absolute Gasteiger partial charge is 0.493 e. The van der Waals surface area contributed by atoms with E-state index in [2.05, 4.69) is 43.8 Å². The van der Waals surface area contributed by atoms with Gasteiger partial charge in [0.25, 0.3) is 5.91 Å². The molecule has 1 heterocycles. The Morgan fingerprint density at radius 3 is 2.46 bits per heavy atom. The number of benzene rings is 3. The summed E-state index contributed by atoms with van der Waals surface area (Å²) in [6, 6.07) is 14.8. The maximum atomic E-state index is 12.6. The van der Waals surface area contributed by atoms with Crippen molar-refractivity contribution in [3.63, 3.8) is 0 Å². The lowest BCUT2D eigenvalue weighted by Crippen LogP contribution is -2.45. The SMILES string of the molecule is CCOC(=O)C1=C(C)NC(=O)N[C@H]1c1ccc(OCC(=O)N/N=C\c2cc(Cl)c(OCc3ccc(I)cc3)c(OC)c2)c(OC)c1. The zero-order valence-electron chi connectivity index (χ0n) is 25.4. The van der Waals surface area contributed by atoms with E-state index < -0.39 is 23.9 Å². The van der Waals surface area contributed by atoms with Gasteiger partial charge in [-0.1, -0.05) is 29.8 Å². The number of nitrogens with zero attached hydrogens (tertiary/aromatic N) is 1. The average molecular weight is 763 g/mol. The van der Waals surface area contributed by atoms with Crippen LogP contribution in [-0.2, 0) is 20.9 Å². The van der Waals surface area contributed by atoms with Gasteiger partial charge in [0, 0.05) is 9.27 Å². The third kappa shape index (κ3) is 8.81. The van der Waals surface area contributed by atoms with Crippen LogP contribution in [0, 0.1) is 3.57 Å². The van der Waals surface area contributed by atoms with Gasteiger partial charge in [-0.15, -0.1) is 0 Å². The molecule has 0 bridgehead atoms. The molecule has 3 aromatic rings. The molecule has 4 rings (SSSR count). The van der Waals surface area contributed by atoms with Gasteiger partial charge in [0.15, 0.2) is 29.6 Å². The van der Waals surface area contributed by atoms with Gasteiger partial charge in [-0.3, -0.25) is 4.79 Å². The molecule has 0 radical (unpaired) electrons. The minimum Gasteiger partial charge on any atom is -0.493 e. The summed E-state index contributed by atoms with van der Waals surface area (Å²) in [5.74, 6) is 0.260. The fourth-order valence-corrected chi connectivity index (χ4v) is 5.08. The Morgan fingerprint density at radius 1 is 1.02 bits per heavy atom. The number of carbonyl (C=O) groups is 3. The van der Waals surface area contributed by atoms with Gasteiger partial charge in [-0.25, -0.2) is 15.0 Å². The van der Waals surface area contributed by atoms with Crippen molar-refractivity contribution in [2.24, 2.45) is 5.10 Å². The number of hydrazone groups is 1. The third-order valence-corrected chi connectivity index (χ3v) is 7.60. The molecular weight excluding hydrogens is 731 g/mol. The van der Waals surface area contributed by atoms with Crippen LogP contribution in [0.15, 0.2) is 71.0 Å². The number of rotatable bonds is 13. The van der Waals surface area contributed by atoms with E-state index in [-0.39, 0.29) is 30.3 Å². The highest BCUT2D eigenvalue weighted by atomic mass is 127. The zero-order valence-corrected chi connectivity index (χ0v) is 28.4. The lowest BCUT2D eigenvalue weighted by atomic mass is 9.95. The van der Waals surface area contributed by atoms with E-state index in [9.17, 15) is 14.4 Å². The van der Waals surface area contributed by atoms with E-state index >= 15 is 0 Å². The predicted octanol–water partition coefficient (Wildman–Crippen LogP) is 5.26. The maximum Gasteiger partial charge on any atom is 0.338 e. The number of amides is 3. The number of halogens is 2. The van der Waals surface area contributed by atoms with Crippen LogP contribution in [-0.4, -0.2) is 51.6 Å². The van der Waals surface area contributed by atoms with Gasteiger partial charge in [0.2, 0.25) is 0 Å². The Labute approximate surface area is 284 Å². The normalized spacial score (nSPS) is 14.3. The number of hydrogen-bond acceptors (Lipinski definition) is 9. The molecule has 0 spiro atoms. The van der Waals surface area contributed by atoms with E-state index in [0.717, 1.165) is 9.13 Å². The molecule has 12 nitrogen and oxygen atoms in total. The molecular formula is C32H32ClIN4O8. The van der Waals surface area contributed by atoms with Crippen molar-refractivity contribution in [3.05, 3.63) is 91.2 Å². The molecule has 0 aliphatic carbocycles. The van der Waals surface area contributed by atoms with Gasteiger partial charge in [-0.2, -0.15) is 5.10 Å². The highest BCUT2D eigenvalue weighted by Crippen LogP contribution is 2.37. The van der Waals surface area contributed by atoms with Gasteiger partial charge in [0.1, 0.15) is 6.61 Å². The lowest BCUT2D eigenvalue weighted by molar-refractivity contribution is -0.139. The fraction of sp³-hybridized carbons (Fsp3) is 0.250. The summed E-state index contributed by atoms with van der Waals surface area (Å²) in [5.41, 5.74) is 5.14. The highest BCUT2D eigenvalue weighted by molar-refractivity contribution is 14.1. The minimum atomic E-state index is -0.783. The Kier molecular flexibility index (Phi) is 12.1. The lowest BCUT2D eigenvalue weighted by Gasteiger charge is -2.28. The molecule has 1 aliphatic rings. The number of hydrogen-bond donors (Lipinski definition) is 3. The van der Waals surface area contributed by atoms with E-state index in [4.69, 9.17) is 35.3 Å². The van der Waals surface area contributed by atoms with Crippen LogP contribution in [0.2, 0.25) is 5.02 Å². The van der Waals surface area contributed by atoms with Crippen LogP contribution in [0.3, 0.4) is 0 Å². The van der Waals surface area contributed by atoms with Gasteiger partial charge >= 0.3 is 12.0 Å². The fourth-order valence-electron chi connectivity index (χ4n) is 4.45. The second kappa shape index (κ2) is 16.2. The molecule has 46 heavy (non-hydrogen) atoms. The number of urea groups is 1. The van der Waals surface area contributed by atoms with Crippen molar-refractivity contribution in [1.82, 2.24) is 16.1 Å². The van der Waals surface area contributed by atoms with Crippen molar-refractivity contribution in [3.8, 4) is 23.0 Å². The predicted molar refractivity (Wildman–Crippen MR) is 179 cm³/mol. The molecule has 0 unspecified atom stereocenters. The summed E-state index contributed by atoms with van der Waals surface area (Å²) in [7, 11) is 2.94. The Morgan fingerprint density at radius 2 is 1.76 bits per heavy atom. The summed E-state index contributed by atoms with van der Waals surface area (Å²) in [5, 5.41) is 9.63. The molecule has 1 aliphatic heterocycles. The summed E-state index contributed by atoms with van der Waals surface area (Å²) in [4.78, 5) is 37.3. The van der Waals surface area contributed by atoms with Crippen molar-refractivity contribution in [2.45, 2.75) is 26.5 Å². The summed E-state index contributed by atoms with van der Waals surface area (Å²) in [6.07, 6.45) is 1.41. The van der Waals surface area contributed by atoms with Gasteiger partial charge in [0.05, 0.1) is 43.7 Å². The first-order valence-electron chi connectivity index (χ1n) is 14.0. The van der Waals surface area contributed by atoms with Gasteiger partial charge in [-0.05, 0) is 89.5 Å². The van der Waals surface area contributed by atoms with Crippen LogP contribution in [0.25, 0.3) is 0 Å². The van der Waals surface area contributed by atoms with E-state index in [1.807, 2.05) is 24.3 Å². The second-order valence-electron chi connectivity index (χ2n) is 9.73. The van der Waals surface area contributed by atoms with Crippen LogP contribution >= 0.6 is 34.2 Å². The third-order valence-electron chi connectivity index (χ3n) is 6.60. The van der Waals surface area contributed by atoms with Crippen LogP contribution < -0.4 is 35.0 Å². The molecule has 242 valence electrons. The van der Waals surface area contributed by atoms with Crippen molar-refractivity contribution >= 4 is 58.3 Å². The first kappa shape index (κ1) is 34.4. The van der Waals surface area contributed by atoms with Crippen LogP contribution in [0.5, 0.6) is 23.0 Å². The Balaban J connectivity index is 1.37.